The minimum atomic E-state index is -0.307. The Morgan fingerprint density at radius 1 is 0.722 bits per heavy atom. The van der Waals surface area contributed by atoms with Crippen LogP contribution in [0.5, 0.6) is 0 Å². The summed E-state index contributed by atoms with van der Waals surface area (Å²) in [7, 11) is -0.307. The van der Waals surface area contributed by atoms with Gasteiger partial charge in [0.05, 0.1) is 43.5 Å². The number of pyridine rings is 4. The van der Waals surface area contributed by atoms with E-state index in [0.29, 0.717) is 44.2 Å². The van der Waals surface area contributed by atoms with Crippen LogP contribution < -0.4 is 5.46 Å². The van der Waals surface area contributed by atoms with Gasteiger partial charge in [-0.2, -0.15) is 0 Å². The molecule has 7 rings (SSSR count). The quantitative estimate of drug-likeness (QED) is 0.0463. The largest absolute Gasteiger partial charge is 0.496 e. The molecule has 1 aliphatic rings. The molecule has 0 amide bonds. The van der Waals surface area contributed by atoms with Crippen molar-refractivity contribution in [1.82, 2.24) is 19.9 Å². The van der Waals surface area contributed by atoms with Gasteiger partial charge in [-0.3, -0.25) is 19.6 Å². The molecule has 2 aromatic carbocycles. The number of fused-ring (bicyclic) bond motifs is 2. The van der Waals surface area contributed by atoms with E-state index in [1.165, 1.54) is 6.21 Å². The van der Waals surface area contributed by atoms with Crippen LogP contribution in [0.15, 0.2) is 90.3 Å². The van der Waals surface area contributed by atoms with Gasteiger partial charge in [0.1, 0.15) is 5.15 Å². The summed E-state index contributed by atoms with van der Waals surface area (Å²) in [5, 5.41) is 13.0. The van der Waals surface area contributed by atoms with E-state index in [4.69, 9.17) is 49.3 Å². The smallest absolute Gasteiger partial charge is 0.411 e. The second-order valence-electron chi connectivity index (χ2n) is 12.9. The number of aryl methyl sites for hydroxylation is 2. The molecule has 10 nitrogen and oxygen atoms in total. The van der Waals surface area contributed by atoms with Crippen LogP contribution in [0.3, 0.4) is 0 Å². The number of carbonyl (C=O) groups is 2. The lowest BCUT2D eigenvalue weighted by Gasteiger charge is -2.32. The predicted molar refractivity (Wildman–Crippen MR) is 218 cm³/mol. The summed E-state index contributed by atoms with van der Waals surface area (Å²) in [5.41, 5.74) is 5.90. The molecule has 0 spiro atoms. The van der Waals surface area contributed by atoms with Gasteiger partial charge in [0, 0.05) is 57.4 Å². The molecule has 5 heterocycles. The minimum absolute atomic E-state index is 0.181. The first kappa shape index (κ1) is 42.0. The number of hydrogen-bond acceptors (Lipinski definition) is 10. The van der Waals surface area contributed by atoms with E-state index in [2.05, 4.69) is 52.8 Å². The zero-order valence-corrected chi connectivity index (χ0v) is 33.1. The van der Waals surface area contributed by atoms with Crippen LogP contribution in [0.25, 0.3) is 33.1 Å². The van der Waals surface area contributed by atoms with Gasteiger partial charge < -0.3 is 14.5 Å². The van der Waals surface area contributed by atoms with Crippen LogP contribution in [0.2, 0.25) is 15.2 Å². The highest BCUT2D eigenvalue weighted by molar-refractivity contribution is 6.62. The van der Waals surface area contributed by atoms with Crippen LogP contribution in [0.1, 0.15) is 66.7 Å². The monoisotopic (exact) mass is 785 g/mol. The molecule has 1 fully saturated rings. The second kappa shape index (κ2) is 18.5. The Morgan fingerprint density at radius 2 is 1.22 bits per heavy atom. The molecule has 1 N–H and O–H groups in total. The highest BCUT2D eigenvalue weighted by atomic mass is 35.5. The number of rotatable bonds is 4. The van der Waals surface area contributed by atoms with Crippen molar-refractivity contribution < 1.29 is 24.1 Å². The van der Waals surface area contributed by atoms with Crippen LogP contribution >= 0.6 is 34.8 Å². The molecule has 0 saturated carbocycles. The third kappa shape index (κ3) is 9.85. The number of nitrogens with zero attached hydrogens (tertiary/aromatic N) is 5. The Bertz CT molecular complexity index is 2290. The lowest BCUT2D eigenvalue weighted by Crippen LogP contribution is -2.41. The van der Waals surface area contributed by atoms with E-state index in [0.717, 1.165) is 39.5 Å². The zero-order chi connectivity index (χ0) is 39.6. The number of aromatic nitrogens is 4. The summed E-state index contributed by atoms with van der Waals surface area (Å²) < 4.78 is 11.9. The van der Waals surface area contributed by atoms with Gasteiger partial charge in [0.2, 0.25) is 0 Å². The summed E-state index contributed by atoms with van der Waals surface area (Å²) in [6.07, 6.45) is 6.29. The molecule has 4 aromatic heterocycles. The van der Waals surface area contributed by atoms with Crippen molar-refractivity contribution in [3.05, 3.63) is 123 Å². The van der Waals surface area contributed by atoms with E-state index >= 15 is 0 Å². The fourth-order valence-corrected chi connectivity index (χ4v) is 5.81. The molecule has 1 aliphatic heterocycles. The highest BCUT2D eigenvalue weighted by Crippen LogP contribution is 2.36. The van der Waals surface area contributed by atoms with Gasteiger partial charge in [-0.05, 0) is 90.9 Å². The molecule has 0 bridgehead atoms. The van der Waals surface area contributed by atoms with Crippen molar-refractivity contribution in [3.63, 3.8) is 0 Å². The molecule has 0 atom stereocenters. The Morgan fingerprint density at radius 3 is 1.72 bits per heavy atom. The van der Waals surface area contributed by atoms with E-state index in [1.807, 2.05) is 62.4 Å². The van der Waals surface area contributed by atoms with Crippen molar-refractivity contribution in [1.29, 1.82) is 0 Å². The molecule has 6 aromatic rings. The maximum atomic E-state index is 11.3. The summed E-state index contributed by atoms with van der Waals surface area (Å²) in [5.74, 6) is 0. The molecule has 14 heteroatoms. The summed E-state index contributed by atoms with van der Waals surface area (Å²) >= 11 is 17.9. The number of hydrogen-bond donors (Lipinski definition) is 1. The molecule has 278 valence electrons. The summed E-state index contributed by atoms with van der Waals surface area (Å²) in [4.78, 5) is 39.1. The lowest BCUT2D eigenvalue weighted by molar-refractivity contribution is 0.00578. The van der Waals surface area contributed by atoms with E-state index in [9.17, 15) is 9.59 Å². The third-order valence-electron chi connectivity index (χ3n) is 8.79. The third-order valence-corrected chi connectivity index (χ3v) is 9.70. The number of benzene rings is 2. The van der Waals surface area contributed by atoms with Crippen LogP contribution in [-0.2, 0) is 9.31 Å². The van der Waals surface area contributed by atoms with Crippen molar-refractivity contribution >= 4 is 88.0 Å². The van der Waals surface area contributed by atoms with Gasteiger partial charge in [0.15, 0.2) is 12.6 Å². The maximum Gasteiger partial charge on any atom is 0.496 e. The van der Waals surface area contributed by atoms with Crippen LogP contribution in [0.4, 0.5) is 0 Å². The lowest BCUT2D eigenvalue weighted by atomic mass is 9.78. The van der Waals surface area contributed by atoms with Crippen LogP contribution in [-0.4, -0.2) is 62.3 Å². The first-order valence-corrected chi connectivity index (χ1v) is 17.9. The number of para-hydroxylation sites is 2. The number of carbonyl (C=O) groups excluding carboxylic acids is 2. The van der Waals surface area contributed by atoms with E-state index in [-0.39, 0.29) is 23.5 Å². The first-order valence-electron chi connectivity index (χ1n) is 16.7. The van der Waals surface area contributed by atoms with Gasteiger partial charge in [-0.15, -0.1) is 5.16 Å². The minimum Gasteiger partial charge on any atom is -0.411 e. The Labute approximate surface area is 329 Å². The average Bonchev–Trinajstić information content (AvgIpc) is 3.38. The molecule has 1 saturated heterocycles. The second-order valence-corrected chi connectivity index (χ2v) is 14.1. The molecule has 0 unspecified atom stereocenters. The van der Waals surface area contributed by atoms with Gasteiger partial charge in [-0.1, -0.05) is 65.1 Å². The first-order chi connectivity index (χ1) is 25.7. The Hall–Kier alpha value is -4.78. The topological polar surface area (TPSA) is 137 Å². The number of aldehydes is 2. The predicted octanol–water partition coefficient (Wildman–Crippen LogP) is 9.58. The van der Waals surface area contributed by atoms with Crippen molar-refractivity contribution in [2.24, 2.45) is 5.16 Å². The summed E-state index contributed by atoms with van der Waals surface area (Å²) in [6, 6.07) is 22.0. The molecular weight excluding hydrogens is 748 g/mol. The Balaban J connectivity index is 0.000000174. The fraction of sp³-hybridized carbons (Fsp3) is 0.225. The summed E-state index contributed by atoms with van der Waals surface area (Å²) in [6.45, 7) is 13.7. The highest BCUT2D eigenvalue weighted by Gasteiger charge is 2.52. The maximum absolute atomic E-state index is 11.3. The van der Waals surface area contributed by atoms with Gasteiger partial charge in [0.25, 0.3) is 0 Å². The fourth-order valence-electron chi connectivity index (χ4n) is 5.17. The standard InChI is InChI=1S/C16H11ClN2O.C12H18BNO2.C10H5Cl2NO.C2H5NO/c1-10-13(5-3-7-18-10)15-12(9-20)8-11-4-2-6-14(17)16(11)19-15;1-9-10(7-6-8-14-9)13-15-11(2,3)12(4,5)16-13;11-8-3-1-2-6-4-7(5-14)10(12)13-9(6)8;1-2-3-4/h2-9H,1H3;6-8H,1-5H3;1-5H;2,4H,1H3/b;;;3-2+. The molecule has 0 aliphatic carbocycles. The molecular formula is C40H39BCl3N5O5. The van der Waals surface area contributed by atoms with Crippen LogP contribution in [0, 0.1) is 13.8 Å². The molecule has 54 heavy (non-hydrogen) atoms. The van der Waals surface area contributed by atoms with Crippen molar-refractivity contribution in [2.45, 2.75) is 59.7 Å². The SMILES string of the molecule is C/C=N/O.Cc1ncccc1-c1nc2c(Cl)cccc2cc1C=O.Cc1ncccc1B1OC(C)(C)C(C)(C)O1.O=Cc1cc2cccc(Cl)c2nc1Cl. The van der Waals surface area contributed by atoms with Gasteiger partial charge in [-0.25, -0.2) is 9.97 Å². The van der Waals surface area contributed by atoms with Crippen molar-refractivity contribution in [2.75, 3.05) is 0 Å². The Kier molecular flexibility index (Phi) is 14.4. The number of oxime groups is 1. The van der Waals surface area contributed by atoms with Gasteiger partial charge >= 0.3 is 7.12 Å². The molecule has 0 radical (unpaired) electrons. The normalized spacial score (nSPS) is 14.0. The number of halogens is 3. The van der Waals surface area contributed by atoms with E-state index < -0.39 is 0 Å². The average molecular weight is 787 g/mol. The van der Waals surface area contributed by atoms with Crippen molar-refractivity contribution in [3.8, 4) is 11.3 Å². The zero-order valence-electron chi connectivity index (χ0n) is 30.8. The van der Waals surface area contributed by atoms with E-state index in [1.54, 1.807) is 43.6 Å².